The quantitative estimate of drug-likeness (QED) is 0.652. The number of anilines is 1. The third kappa shape index (κ3) is 3.55. The molecule has 0 bridgehead atoms. The number of thiazole rings is 1. The molecule has 0 spiro atoms. The van der Waals surface area contributed by atoms with Crippen LogP contribution in [0.3, 0.4) is 0 Å². The average Bonchev–Trinajstić information content (AvgIpc) is 3.15. The zero-order valence-electron chi connectivity index (χ0n) is 13.5. The van der Waals surface area contributed by atoms with E-state index in [1.165, 1.54) is 16.2 Å². The summed E-state index contributed by atoms with van der Waals surface area (Å²) < 4.78 is 1.02. The van der Waals surface area contributed by atoms with Gasteiger partial charge in [0.05, 0.1) is 10.7 Å². The molecule has 0 saturated heterocycles. The molecule has 4 nitrogen and oxygen atoms in total. The Labute approximate surface area is 165 Å². The van der Waals surface area contributed by atoms with Gasteiger partial charge in [-0.1, -0.05) is 36.7 Å². The molecule has 1 N–H and O–H groups in total. The number of amides is 1. The number of thiophene rings is 1. The number of rotatable bonds is 3. The van der Waals surface area contributed by atoms with Crippen molar-refractivity contribution in [3.05, 3.63) is 44.7 Å². The molecule has 3 aromatic rings. The third-order valence-electron chi connectivity index (χ3n) is 4.22. The van der Waals surface area contributed by atoms with E-state index in [1.807, 2.05) is 24.3 Å². The molecule has 3 heterocycles. The highest BCUT2D eigenvalue weighted by Crippen LogP contribution is 2.36. The summed E-state index contributed by atoms with van der Waals surface area (Å²) in [4.78, 5) is 21.4. The summed E-state index contributed by atoms with van der Waals surface area (Å²) in [6.45, 7) is 5.15. The molecule has 0 atom stereocenters. The van der Waals surface area contributed by atoms with Crippen LogP contribution in [0.15, 0.2) is 24.3 Å². The summed E-state index contributed by atoms with van der Waals surface area (Å²) >= 11 is 9.36. The summed E-state index contributed by atoms with van der Waals surface area (Å²) in [7, 11) is 0. The molecule has 0 radical (unpaired) electrons. The van der Waals surface area contributed by atoms with Crippen molar-refractivity contribution in [2.45, 2.75) is 19.9 Å². The fourth-order valence-corrected chi connectivity index (χ4v) is 5.34. The lowest BCUT2D eigenvalue weighted by atomic mass is 10.2. The summed E-state index contributed by atoms with van der Waals surface area (Å²) in [6.07, 6.45) is 0.944. The van der Waals surface area contributed by atoms with Gasteiger partial charge in [-0.3, -0.25) is 15.0 Å². The van der Waals surface area contributed by atoms with Gasteiger partial charge in [-0.15, -0.1) is 35.1 Å². The van der Waals surface area contributed by atoms with Gasteiger partial charge >= 0.3 is 0 Å². The number of halogens is 2. The van der Waals surface area contributed by atoms with E-state index in [0.29, 0.717) is 15.0 Å². The fraction of sp³-hybridized carbons (Fsp3) is 0.294. The molecule has 8 heteroatoms. The molecule has 132 valence electrons. The van der Waals surface area contributed by atoms with Crippen molar-refractivity contribution in [1.82, 2.24) is 9.88 Å². The first kappa shape index (κ1) is 18.6. The molecule has 0 fully saturated rings. The first-order valence-electron chi connectivity index (χ1n) is 7.85. The van der Waals surface area contributed by atoms with Crippen LogP contribution in [0.1, 0.15) is 27.2 Å². The fourth-order valence-electron chi connectivity index (χ4n) is 2.89. The van der Waals surface area contributed by atoms with E-state index in [2.05, 4.69) is 22.1 Å². The van der Waals surface area contributed by atoms with Gasteiger partial charge < -0.3 is 0 Å². The van der Waals surface area contributed by atoms with Crippen LogP contribution in [0.25, 0.3) is 10.1 Å². The van der Waals surface area contributed by atoms with Gasteiger partial charge in [0.15, 0.2) is 5.13 Å². The highest BCUT2D eigenvalue weighted by Gasteiger charge is 2.22. The molecule has 2 aromatic heterocycles. The molecule has 1 amide bonds. The lowest BCUT2D eigenvalue weighted by Crippen LogP contribution is -2.29. The van der Waals surface area contributed by atoms with Gasteiger partial charge in [-0.25, -0.2) is 4.98 Å². The smallest absolute Gasteiger partial charge is 0.269 e. The molecular formula is C17H17Cl2N3OS2. The Morgan fingerprint density at radius 2 is 2.16 bits per heavy atom. The molecule has 0 saturated carbocycles. The number of fused-ring (bicyclic) bond motifs is 2. The predicted molar refractivity (Wildman–Crippen MR) is 109 cm³/mol. The van der Waals surface area contributed by atoms with Gasteiger partial charge in [0, 0.05) is 34.5 Å². The number of nitrogens with zero attached hydrogens (tertiary/aromatic N) is 2. The normalized spacial score (nSPS) is 14.2. The number of likely N-dealkylation sites (N-methyl/N-ethyl adjacent to an activating group) is 1. The standard InChI is InChI=1S/C17H16ClN3OS2.ClH/c1-2-21-8-7-11-13(9-21)24-17(19-11)20-16(22)15-14(18)10-5-3-4-6-12(10)23-15;/h3-6H,2,7-9H2,1H3,(H,19,20,22);1H. The molecule has 1 aliphatic heterocycles. The first-order chi connectivity index (χ1) is 11.7. The SMILES string of the molecule is CCN1CCc2nc(NC(=O)c3sc4ccccc4c3Cl)sc2C1.Cl. The van der Waals surface area contributed by atoms with E-state index in [4.69, 9.17) is 11.6 Å². The Morgan fingerprint density at radius 3 is 2.92 bits per heavy atom. The minimum atomic E-state index is -0.181. The second kappa shape index (κ2) is 7.60. The summed E-state index contributed by atoms with van der Waals surface area (Å²) in [5, 5.41) is 5.03. The maximum absolute atomic E-state index is 12.6. The number of nitrogens with one attached hydrogen (secondary N) is 1. The third-order valence-corrected chi connectivity index (χ3v) is 6.89. The van der Waals surface area contributed by atoms with Gasteiger partial charge in [0.1, 0.15) is 4.88 Å². The topological polar surface area (TPSA) is 45.2 Å². The van der Waals surface area contributed by atoms with E-state index in [-0.39, 0.29) is 18.3 Å². The zero-order chi connectivity index (χ0) is 16.7. The van der Waals surface area contributed by atoms with Crippen LogP contribution in [-0.4, -0.2) is 28.9 Å². The Morgan fingerprint density at radius 1 is 1.36 bits per heavy atom. The second-order valence-electron chi connectivity index (χ2n) is 5.70. The van der Waals surface area contributed by atoms with Crippen molar-refractivity contribution in [2.75, 3.05) is 18.4 Å². The van der Waals surface area contributed by atoms with E-state index in [9.17, 15) is 4.79 Å². The maximum Gasteiger partial charge on any atom is 0.269 e. The number of carbonyl (C=O) groups is 1. The largest absolute Gasteiger partial charge is 0.298 e. The zero-order valence-corrected chi connectivity index (χ0v) is 16.7. The van der Waals surface area contributed by atoms with E-state index in [0.717, 1.165) is 41.8 Å². The number of carbonyl (C=O) groups excluding carboxylic acids is 1. The van der Waals surface area contributed by atoms with Crippen molar-refractivity contribution in [3.63, 3.8) is 0 Å². The molecule has 25 heavy (non-hydrogen) atoms. The molecule has 0 aliphatic carbocycles. The predicted octanol–water partition coefficient (Wildman–Crippen LogP) is 5.06. The van der Waals surface area contributed by atoms with Crippen LogP contribution in [0, 0.1) is 0 Å². The Hall–Kier alpha value is -1.18. The van der Waals surface area contributed by atoms with Gasteiger partial charge in [-0.05, 0) is 12.6 Å². The maximum atomic E-state index is 12.6. The molecule has 1 aromatic carbocycles. The number of hydrogen-bond donors (Lipinski definition) is 1. The van der Waals surface area contributed by atoms with Crippen LogP contribution in [0.5, 0.6) is 0 Å². The lowest BCUT2D eigenvalue weighted by molar-refractivity contribution is 0.103. The second-order valence-corrected chi connectivity index (χ2v) is 8.22. The van der Waals surface area contributed by atoms with Crippen molar-refractivity contribution in [1.29, 1.82) is 0 Å². The van der Waals surface area contributed by atoms with Crippen molar-refractivity contribution >= 4 is 67.8 Å². The molecule has 0 unspecified atom stereocenters. The van der Waals surface area contributed by atoms with Gasteiger partial charge in [-0.2, -0.15) is 0 Å². The average molecular weight is 414 g/mol. The Bertz CT molecular complexity index is 922. The van der Waals surface area contributed by atoms with Crippen LogP contribution in [0.4, 0.5) is 5.13 Å². The van der Waals surface area contributed by atoms with Crippen LogP contribution in [0.2, 0.25) is 5.02 Å². The van der Waals surface area contributed by atoms with Gasteiger partial charge in [0.2, 0.25) is 0 Å². The monoisotopic (exact) mass is 413 g/mol. The highest BCUT2D eigenvalue weighted by atomic mass is 35.5. The lowest BCUT2D eigenvalue weighted by Gasteiger charge is -2.23. The minimum absolute atomic E-state index is 0. The highest BCUT2D eigenvalue weighted by molar-refractivity contribution is 7.22. The van der Waals surface area contributed by atoms with E-state index >= 15 is 0 Å². The van der Waals surface area contributed by atoms with E-state index in [1.54, 1.807) is 11.3 Å². The summed E-state index contributed by atoms with van der Waals surface area (Å²) in [6, 6.07) is 7.79. The first-order valence-corrected chi connectivity index (χ1v) is 9.86. The summed E-state index contributed by atoms with van der Waals surface area (Å²) in [5.41, 5.74) is 1.11. The van der Waals surface area contributed by atoms with Crippen molar-refractivity contribution in [2.24, 2.45) is 0 Å². The minimum Gasteiger partial charge on any atom is -0.298 e. The Balaban J connectivity index is 0.00000182. The van der Waals surface area contributed by atoms with Crippen molar-refractivity contribution < 1.29 is 4.79 Å². The van der Waals surface area contributed by atoms with Gasteiger partial charge in [0.25, 0.3) is 5.91 Å². The number of hydrogen-bond acceptors (Lipinski definition) is 5. The van der Waals surface area contributed by atoms with Crippen LogP contribution >= 0.6 is 46.7 Å². The molecular weight excluding hydrogens is 397 g/mol. The van der Waals surface area contributed by atoms with Crippen molar-refractivity contribution in [3.8, 4) is 0 Å². The van der Waals surface area contributed by atoms with E-state index < -0.39 is 0 Å². The Kier molecular flexibility index (Phi) is 5.65. The van der Waals surface area contributed by atoms with Crippen LogP contribution < -0.4 is 5.32 Å². The molecule has 1 aliphatic rings. The number of benzene rings is 1. The molecule has 4 rings (SSSR count). The summed E-state index contributed by atoms with van der Waals surface area (Å²) in [5.74, 6) is -0.181. The number of aromatic nitrogens is 1. The van der Waals surface area contributed by atoms with Crippen LogP contribution in [-0.2, 0) is 13.0 Å².